The molecule has 0 aliphatic carbocycles. The van der Waals surface area contributed by atoms with Gasteiger partial charge in [-0.2, -0.15) is 0 Å². The molecule has 5 unspecified atom stereocenters. The third kappa shape index (κ3) is 5.91. The van der Waals surface area contributed by atoms with E-state index < -0.39 is 5.79 Å². The van der Waals surface area contributed by atoms with Crippen LogP contribution in [0.4, 0.5) is 0 Å². The first kappa shape index (κ1) is 33.4. The molecular formula is C40H56O10. The first-order valence-corrected chi connectivity index (χ1v) is 20.0. The second-order valence-corrected chi connectivity index (χ2v) is 17.7. The van der Waals surface area contributed by atoms with Gasteiger partial charge in [0.2, 0.25) is 0 Å². The maximum absolute atomic E-state index is 14.0. The maximum Gasteiger partial charge on any atom is 0.172 e. The Kier molecular flexibility index (Phi) is 8.47. The van der Waals surface area contributed by atoms with Gasteiger partial charge >= 0.3 is 0 Å². The van der Waals surface area contributed by atoms with Crippen molar-refractivity contribution in [3.63, 3.8) is 0 Å². The Morgan fingerprint density at radius 1 is 0.700 bits per heavy atom. The quantitative estimate of drug-likeness (QED) is 0.285. The molecule has 10 heteroatoms. The lowest BCUT2D eigenvalue weighted by Crippen LogP contribution is -2.61. The number of carbonyl (C=O) groups is 1. The molecule has 50 heavy (non-hydrogen) atoms. The van der Waals surface area contributed by atoms with E-state index in [-0.39, 0.29) is 109 Å². The molecule has 10 nitrogen and oxygen atoms in total. The number of ketones is 1. The fourth-order valence-electron chi connectivity index (χ4n) is 11.4. The molecule has 0 aromatic rings. The standard InChI is InChI=1S/C40H56O10/c1-19-11-24-5-7-29-20(2)12-26(43-29)9-10-40-17-34-36(49-40)37-38(48-34)39(50-40)35-30(47-37)8-6-25(45-35)13-23(41)14-28-22(4)31(15-27-18-42-27)46-33(28)16-32(44-24)21(19)3/h19,22,24-39H,2-3,5-18H2,1,4H3/t19-,22-,24+,25?,26+,27+,28-,29?,30+,31-,32?,33+,34-,35+,36?,37+,38-,39+,40?/m1/s1. The summed E-state index contributed by atoms with van der Waals surface area (Å²) in [7, 11) is 0. The average Bonchev–Trinajstić information content (AvgIpc) is 3.58. The van der Waals surface area contributed by atoms with Crippen LogP contribution in [-0.4, -0.2) is 110 Å². The van der Waals surface area contributed by atoms with Crippen LogP contribution in [0.15, 0.2) is 24.3 Å². The third-order valence-corrected chi connectivity index (χ3v) is 14.3. The highest BCUT2D eigenvalue weighted by Gasteiger charge is 2.68. The Morgan fingerprint density at radius 2 is 1.46 bits per heavy atom. The van der Waals surface area contributed by atoms with E-state index in [4.69, 9.17) is 42.6 Å². The molecule has 11 heterocycles. The first-order chi connectivity index (χ1) is 24.2. The maximum atomic E-state index is 14.0. The number of Topliss-reactive ketones (excluding diaryl/α,β-unsaturated/α-hetero) is 1. The van der Waals surface area contributed by atoms with Crippen LogP contribution in [0, 0.1) is 17.8 Å². The van der Waals surface area contributed by atoms with Crippen molar-refractivity contribution in [3.8, 4) is 0 Å². The van der Waals surface area contributed by atoms with E-state index >= 15 is 0 Å². The first-order valence-electron chi connectivity index (χ1n) is 20.0. The molecule has 0 radical (unpaired) electrons. The molecule has 19 atom stereocenters. The zero-order chi connectivity index (χ0) is 33.9. The summed E-state index contributed by atoms with van der Waals surface area (Å²) in [5, 5.41) is 0. The van der Waals surface area contributed by atoms with E-state index in [1.165, 1.54) is 5.57 Å². The lowest BCUT2D eigenvalue weighted by molar-refractivity contribution is -0.292. The van der Waals surface area contributed by atoms with Gasteiger partial charge in [0.15, 0.2) is 5.79 Å². The predicted octanol–water partition coefficient (Wildman–Crippen LogP) is 5.14. The molecule has 11 rings (SSSR count). The van der Waals surface area contributed by atoms with Crippen molar-refractivity contribution in [3.05, 3.63) is 24.3 Å². The Labute approximate surface area is 296 Å². The molecule has 0 N–H and O–H groups in total. The van der Waals surface area contributed by atoms with Crippen LogP contribution in [0.5, 0.6) is 0 Å². The SMILES string of the molecule is C=C1C[C@@H]2CCC34C[C@H]5O[C@H]6[C@@H](O3)[C@H]3OC(CC[C@@H]3O[C@H]6C5O4)CC(=O)C[C@@H]3[C@@H](C)[C@@H](C[C@H]4CO4)O[C@H]3CC3O[C@@H](CCC1O2)C[C@@H](C)C3=C. The highest BCUT2D eigenvalue weighted by Crippen LogP contribution is 2.54. The van der Waals surface area contributed by atoms with Crippen LogP contribution < -0.4 is 0 Å². The van der Waals surface area contributed by atoms with E-state index in [0.29, 0.717) is 25.2 Å². The zero-order valence-electron chi connectivity index (χ0n) is 29.8. The van der Waals surface area contributed by atoms with Crippen molar-refractivity contribution in [2.75, 3.05) is 6.61 Å². The van der Waals surface area contributed by atoms with Crippen molar-refractivity contribution < 1.29 is 47.4 Å². The Hall–Kier alpha value is -1.21. The van der Waals surface area contributed by atoms with Crippen molar-refractivity contribution in [1.29, 1.82) is 0 Å². The van der Waals surface area contributed by atoms with Crippen LogP contribution in [0.3, 0.4) is 0 Å². The molecule has 0 saturated carbocycles. The van der Waals surface area contributed by atoms with E-state index in [1.54, 1.807) is 0 Å². The average molecular weight is 697 g/mol. The number of hydrogen-bond acceptors (Lipinski definition) is 10. The molecule has 11 saturated heterocycles. The summed E-state index contributed by atoms with van der Waals surface area (Å²) < 4.78 is 59.9. The van der Waals surface area contributed by atoms with Gasteiger partial charge < -0.3 is 42.6 Å². The van der Waals surface area contributed by atoms with Gasteiger partial charge in [-0.3, -0.25) is 4.79 Å². The van der Waals surface area contributed by atoms with Gasteiger partial charge in [-0.25, -0.2) is 0 Å². The van der Waals surface area contributed by atoms with Crippen molar-refractivity contribution in [2.24, 2.45) is 17.8 Å². The molecule has 11 fully saturated rings. The van der Waals surface area contributed by atoms with Crippen LogP contribution >= 0.6 is 0 Å². The van der Waals surface area contributed by atoms with Crippen molar-refractivity contribution >= 4 is 5.78 Å². The topological polar surface area (TPSA) is 103 Å². The Morgan fingerprint density at radius 3 is 2.32 bits per heavy atom. The van der Waals surface area contributed by atoms with E-state index in [9.17, 15) is 4.79 Å². The van der Waals surface area contributed by atoms with Crippen LogP contribution in [-0.2, 0) is 47.4 Å². The van der Waals surface area contributed by atoms with Crippen molar-refractivity contribution in [2.45, 2.75) is 195 Å². The minimum absolute atomic E-state index is 0.0297. The summed E-state index contributed by atoms with van der Waals surface area (Å²) >= 11 is 0. The largest absolute Gasteiger partial charge is 0.374 e. The Balaban J connectivity index is 0.925. The number of epoxide rings is 1. The van der Waals surface area contributed by atoms with Gasteiger partial charge in [-0.15, -0.1) is 0 Å². The summed E-state index contributed by atoms with van der Waals surface area (Å²) in [6.45, 7) is 14.3. The number of rotatable bonds is 2. The lowest BCUT2D eigenvalue weighted by Gasteiger charge is -2.47. The zero-order valence-corrected chi connectivity index (χ0v) is 29.8. The second-order valence-electron chi connectivity index (χ2n) is 17.7. The molecular weight excluding hydrogens is 640 g/mol. The van der Waals surface area contributed by atoms with E-state index in [0.717, 1.165) is 76.4 Å². The smallest absolute Gasteiger partial charge is 0.172 e. The van der Waals surface area contributed by atoms with Gasteiger partial charge in [0.05, 0.1) is 67.6 Å². The second kappa shape index (κ2) is 12.7. The molecule has 0 aromatic carbocycles. The summed E-state index contributed by atoms with van der Waals surface area (Å²) in [6.07, 6.45) is 9.05. The minimum Gasteiger partial charge on any atom is -0.374 e. The van der Waals surface area contributed by atoms with Gasteiger partial charge in [-0.1, -0.05) is 27.0 Å². The fourth-order valence-corrected chi connectivity index (χ4v) is 11.4. The summed E-state index contributed by atoms with van der Waals surface area (Å²) in [6, 6.07) is 0. The van der Waals surface area contributed by atoms with E-state index in [2.05, 4.69) is 27.0 Å². The molecule has 12 bridgehead atoms. The summed E-state index contributed by atoms with van der Waals surface area (Å²) in [5.74, 6) is 0.213. The summed E-state index contributed by atoms with van der Waals surface area (Å²) in [5.41, 5.74) is 2.32. The van der Waals surface area contributed by atoms with Crippen LogP contribution in [0.2, 0.25) is 0 Å². The van der Waals surface area contributed by atoms with E-state index in [1.807, 2.05) is 0 Å². The third-order valence-electron chi connectivity index (χ3n) is 14.3. The van der Waals surface area contributed by atoms with Crippen LogP contribution in [0.25, 0.3) is 0 Å². The lowest BCUT2D eigenvalue weighted by atomic mass is 9.79. The highest BCUT2D eigenvalue weighted by molar-refractivity contribution is 5.79. The number of hydrogen-bond donors (Lipinski definition) is 0. The molecule has 276 valence electrons. The molecule has 1 spiro atoms. The normalized spacial score (nSPS) is 55.9. The molecule has 0 amide bonds. The van der Waals surface area contributed by atoms with Gasteiger partial charge in [0.1, 0.15) is 36.3 Å². The summed E-state index contributed by atoms with van der Waals surface area (Å²) in [4.78, 5) is 14.0. The number of carbonyl (C=O) groups excluding carboxylic acids is 1. The van der Waals surface area contributed by atoms with Crippen LogP contribution in [0.1, 0.15) is 97.3 Å². The number of fused-ring (bicyclic) bond motifs is 6. The van der Waals surface area contributed by atoms with Crippen molar-refractivity contribution in [1.82, 2.24) is 0 Å². The molecule has 11 aliphatic heterocycles. The molecule has 11 aliphatic rings. The molecule has 0 aromatic heterocycles. The monoisotopic (exact) mass is 696 g/mol. The number of ether oxygens (including phenoxy) is 9. The predicted molar refractivity (Wildman–Crippen MR) is 179 cm³/mol. The minimum atomic E-state index is -0.743. The van der Waals surface area contributed by atoms with Gasteiger partial charge in [0.25, 0.3) is 0 Å². The highest BCUT2D eigenvalue weighted by atomic mass is 16.8. The fraction of sp³-hybridized carbons (Fsp3) is 0.875. The van der Waals surface area contributed by atoms with Gasteiger partial charge in [-0.05, 0) is 73.8 Å². The Bertz CT molecular complexity index is 1370. The van der Waals surface area contributed by atoms with Gasteiger partial charge in [0, 0.05) is 38.5 Å².